The molecule has 150 valence electrons. The van der Waals surface area contributed by atoms with Gasteiger partial charge in [0.25, 0.3) is 0 Å². The van der Waals surface area contributed by atoms with E-state index >= 15 is 0 Å². The van der Waals surface area contributed by atoms with Crippen LogP contribution < -0.4 is 10.2 Å². The van der Waals surface area contributed by atoms with Gasteiger partial charge in [-0.25, -0.2) is 4.98 Å². The molecule has 3 aliphatic heterocycles. The Morgan fingerprint density at radius 1 is 1.11 bits per heavy atom. The number of rotatable bonds is 3. The van der Waals surface area contributed by atoms with Crippen LogP contribution in [0.2, 0.25) is 0 Å². The van der Waals surface area contributed by atoms with E-state index < -0.39 is 0 Å². The largest absolute Gasteiger partial charge is 0.357 e. The van der Waals surface area contributed by atoms with Crippen molar-refractivity contribution in [3.63, 3.8) is 0 Å². The van der Waals surface area contributed by atoms with Crippen molar-refractivity contribution in [2.24, 2.45) is 11.8 Å². The maximum absolute atomic E-state index is 12.7. The standard InChI is InChI=1S/C21H28N4O3/c1-14-6-9-25(13-14)21(28)15-7-10-24(11-8-15)18-4-2-16(12-22-18)17-3-5-19(26)23-20(17)27/h2,4,12,14-15,17H,3,5-11,13H2,1H3,(H,23,26,27). The number of pyridine rings is 1. The maximum atomic E-state index is 12.7. The molecule has 0 aliphatic carbocycles. The molecule has 0 saturated carbocycles. The Labute approximate surface area is 165 Å². The first-order chi connectivity index (χ1) is 13.5. The minimum atomic E-state index is -0.300. The SMILES string of the molecule is CC1CCN(C(=O)C2CCN(c3ccc(C4CCC(=O)NC4=O)cn3)CC2)C1. The summed E-state index contributed by atoms with van der Waals surface area (Å²) in [5.41, 5.74) is 0.849. The molecular formula is C21H28N4O3. The molecular weight excluding hydrogens is 356 g/mol. The van der Waals surface area contributed by atoms with E-state index in [0.29, 0.717) is 24.7 Å². The number of nitrogens with one attached hydrogen (secondary N) is 1. The number of carbonyl (C=O) groups excluding carboxylic acids is 3. The second-order valence-electron chi connectivity index (χ2n) is 8.39. The smallest absolute Gasteiger partial charge is 0.234 e. The molecule has 3 amide bonds. The number of hydrogen-bond donors (Lipinski definition) is 1. The molecule has 0 spiro atoms. The quantitative estimate of drug-likeness (QED) is 0.802. The fraction of sp³-hybridized carbons (Fsp3) is 0.619. The molecule has 0 aromatic carbocycles. The number of likely N-dealkylation sites (tertiary alicyclic amines) is 1. The van der Waals surface area contributed by atoms with E-state index in [1.54, 1.807) is 6.20 Å². The van der Waals surface area contributed by atoms with Gasteiger partial charge in [0.2, 0.25) is 17.7 Å². The number of hydrogen-bond acceptors (Lipinski definition) is 5. The molecule has 3 fully saturated rings. The molecule has 4 rings (SSSR count). The first-order valence-corrected chi connectivity index (χ1v) is 10.3. The summed E-state index contributed by atoms with van der Waals surface area (Å²) in [6, 6.07) is 3.88. The topological polar surface area (TPSA) is 82.6 Å². The highest BCUT2D eigenvalue weighted by molar-refractivity contribution is 6.00. The third kappa shape index (κ3) is 3.88. The number of imide groups is 1. The summed E-state index contributed by atoms with van der Waals surface area (Å²) >= 11 is 0. The van der Waals surface area contributed by atoms with Gasteiger partial charge in [-0.05, 0) is 43.2 Å². The van der Waals surface area contributed by atoms with Crippen molar-refractivity contribution < 1.29 is 14.4 Å². The Hall–Kier alpha value is -2.44. The fourth-order valence-electron chi connectivity index (χ4n) is 4.55. The van der Waals surface area contributed by atoms with Gasteiger partial charge in [-0.1, -0.05) is 13.0 Å². The Morgan fingerprint density at radius 2 is 1.89 bits per heavy atom. The Bertz CT molecular complexity index is 755. The third-order valence-electron chi connectivity index (χ3n) is 6.32. The summed E-state index contributed by atoms with van der Waals surface area (Å²) in [6.07, 6.45) is 5.50. The van der Waals surface area contributed by atoms with Crippen LogP contribution in [0.5, 0.6) is 0 Å². The van der Waals surface area contributed by atoms with Crippen molar-refractivity contribution >= 4 is 23.5 Å². The monoisotopic (exact) mass is 384 g/mol. The molecule has 3 aliphatic rings. The zero-order chi connectivity index (χ0) is 19.7. The minimum absolute atomic E-state index is 0.129. The average molecular weight is 384 g/mol. The summed E-state index contributed by atoms with van der Waals surface area (Å²) in [4.78, 5) is 44.8. The molecule has 1 aromatic rings. The summed E-state index contributed by atoms with van der Waals surface area (Å²) in [6.45, 7) is 5.67. The lowest BCUT2D eigenvalue weighted by Gasteiger charge is -2.34. The van der Waals surface area contributed by atoms with Gasteiger partial charge in [-0.3, -0.25) is 19.7 Å². The molecule has 4 heterocycles. The molecule has 1 N–H and O–H groups in total. The highest BCUT2D eigenvalue weighted by Crippen LogP contribution is 2.28. The van der Waals surface area contributed by atoms with Gasteiger partial charge in [0.05, 0.1) is 5.92 Å². The van der Waals surface area contributed by atoms with Crippen LogP contribution in [0, 0.1) is 11.8 Å². The van der Waals surface area contributed by atoms with Gasteiger partial charge >= 0.3 is 0 Å². The molecule has 7 heteroatoms. The number of carbonyl (C=O) groups is 3. The van der Waals surface area contributed by atoms with Crippen LogP contribution in [0.15, 0.2) is 18.3 Å². The first kappa shape index (κ1) is 18.9. The molecule has 3 saturated heterocycles. The van der Waals surface area contributed by atoms with Crippen LogP contribution in [0.4, 0.5) is 5.82 Å². The Morgan fingerprint density at radius 3 is 2.50 bits per heavy atom. The van der Waals surface area contributed by atoms with Crippen LogP contribution in [0.3, 0.4) is 0 Å². The van der Waals surface area contributed by atoms with Crippen LogP contribution in [0.25, 0.3) is 0 Å². The van der Waals surface area contributed by atoms with Gasteiger partial charge in [-0.15, -0.1) is 0 Å². The van der Waals surface area contributed by atoms with Crippen LogP contribution in [-0.2, 0) is 14.4 Å². The van der Waals surface area contributed by atoms with Crippen LogP contribution >= 0.6 is 0 Å². The maximum Gasteiger partial charge on any atom is 0.234 e. The summed E-state index contributed by atoms with van der Waals surface area (Å²) in [5, 5.41) is 2.40. The molecule has 28 heavy (non-hydrogen) atoms. The third-order valence-corrected chi connectivity index (χ3v) is 6.32. The second-order valence-corrected chi connectivity index (χ2v) is 8.39. The van der Waals surface area contributed by atoms with Gasteiger partial charge in [0.15, 0.2) is 0 Å². The zero-order valence-corrected chi connectivity index (χ0v) is 16.4. The van der Waals surface area contributed by atoms with Crippen molar-refractivity contribution in [1.82, 2.24) is 15.2 Å². The fourth-order valence-corrected chi connectivity index (χ4v) is 4.55. The normalized spacial score (nSPS) is 26.5. The number of nitrogens with zero attached hydrogens (tertiary/aromatic N) is 3. The van der Waals surface area contributed by atoms with Gasteiger partial charge in [0.1, 0.15) is 5.82 Å². The van der Waals surface area contributed by atoms with E-state index in [1.165, 1.54) is 0 Å². The summed E-state index contributed by atoms with van der Waals surface area (Å²) in [5.74, 6) is 1.22. The first-order valence-electron chi connectivity index (χ1n) is 10.3. The summed E-state index contributed by atoms with van der Waals surface area (Å²) < 4.78 is 0. The molecule has 0 bridgehead atoms. The molecule has 2 atom stereocenters. The highest BCUT2D eigenvalue weighted by atomic mass is 16.2. The van der Waals surface area contributed by atoms with E-state index in [9.17, 15) is 14.4 Å². The summed E-state index contributed by atoms with van der Waals surface area (Å²) in [7, 11) is 0. The van der Waals surface area contributed by atoms with E-state index in [4.69, 9.17) is 0 Å². The van der Waals surface area contributed by atoms with Crippen LogP contribution in [0.1, 0.15) is 50.5 Å². The lowest BCUT2D eigenvalue weighted by atomic mass is 9.91. The van der Waals surface area contributed by atoms with Gasteiger partial charge in [-0.2, -0.15) is 0 Å². The second kappa shape index (κ2) is 7.89. The van der Waals surface area contributed by atoms with Gasteiger partial charge < -0.3 is 9.80 Å². The Kier molecular flexibility index (Phi) is 5.33. The predicted octanol–water partition coefficient (Wildman–Crippen LogP) is 1.69. The van der Waals surface area contributed by atoms with E-state index in [-0.39, 0.29) is 23.7 Å². The number of aromatic nitrogens is 1. The van der Waals surface area contributed by atoms with E-state index in [2.05, 4.69) is 22.1 Å². The molecule has 1 aromatic heterocycles. The van der Waals surface area contributed by atoms with Crippen molar-refractivity contribution in [3.8, 4) is 0 Å². The molecule has 7 nitrogen and oxygen atoms in total. The lowest BCUT2D eigenvalue weighted by Crippen LogP contribution is -2.42. The van der Waals surface area contributed by atoms with Gasteiger partial charge in [0, 0.05) is 44.7 Å². The molecule has 0 radical (unpaired) electrons. The van der Waals surface area contributed by atoms with Crippen molar-refractivity contribution in [2.75, 3.05) is 31.1 Å². The van der Waals surface area contributed by atoms with Crippen molar-refractivity contribution in [2.45, 2.75) is 44.9 Å². The molecule has 2 unspecified atom stereocenters. The van der Waals surface area contributed by atoms with Crippen molar-refractivity contribution in [3.05, 3.63) is 23.9 Å². The lowest BCUT2D eigenvalue weighted by molar-refractivity contribution is -0.135. The number of piperidine rings is 2. The van der Waals surface area contributed by atoms with E-state index in [1.807, 2.05) is 17.0 Å². The van der Waals surface area contributed by atoms with Crippen molar-refractivity contribution in [1.29, 1.82) is 0 Å². The highest BCUT2D eigenvalue weighted by Gasteiger charge is 2.32. The zero-order valence-electron chi connectivity index (χ0n) is 16.4. The Balaban J connectivity index is 1.33. The number of amides is 3. The average Bonchev–Trinajstić information content (AvgIpc) is 3.14. The van der Waals surface area contributed by atoms with E-state index in [0.717, 1.165) is 56.8 Å². The van der Waals surface area contributed by atoms with Crippen LogP contribution in [-0.4, -0.2) is 53.8 Å². The predicted molar refractivity (Wildman–Crippen MR) is 105 cm³/mol. The number of anilines is 1. The minimum Gasteiger partial charge on any atom is -0.357 e.